The van der Waals surface area contributed by atoms with Crippen molar-refractivity contribution >= 4 is 11.6 Å². The standard InChI is InChI=1S/C13H18ClNO2/c1-13(16,8-12-9-17-6-5-15-12)10-3-2-4-11(14)7-10/h2-4,7,12,15-16H,5-6,8-9H2,1H3. The molecule has 0 aromatic heterocycles. The number of aliphatic hydroxyl groups is 1. The summed E-state index contributed by atoms with van der Waals surface area (Å²) in [6, 6.07) is 7.57. The SMILES string of the molecule is CC(O)(CC1COCCN1)c1cccc(Cl)c1. The Balaban J connectivity index is 2.06. The third kappa shape index (κ3) is 3.42. The van der Waals surface area contributed by atoms with Crippen LogP contribution in [0.15, 0.2) is 24.3 Å². The van der Waals surface area contributed by atoms with Gasteiger partial charge in [-0.1, -0.05) is 23.7 Å². The van der Waals surface area contributed by atoms with Gasteiger partial charge >= 0.3 is 0 Å². The maximum absolute atomic E-state index is 10.5. The van der Waals surface area contributed by atoms with Gasteiger partial charge in [-0.05, 0) is 31.0 Å². The van der Waals surface area contributed by atoms with Gasteiger partial charge in [0.25, 0.3) is 0 Å². The first-order chi connectivity index (χ1) is 8.08. The lowest BCUT2D eigenvalue weighted by molar-refractivity contribution is 0.00323. The Labute approximate surface area is 107 Å². The van der Waals surface area contributed by atoms with E-state index in [1.165, 1.54) is 0 Å². The molecule has 1 aliphatic heterocycles. The van der Waals surface area contributed by atoms with Crippen LogP contribution in [-0.2, 0) is 10.3 Å². The fraction of sp³-hybridized carbons (Fsp3) is 0.538. The summed E-state index contributed by atoms with van der Waals surface area (Å²) < 4.78 is 5.39. The molecule has 1 aromatic rings. The highest BCUT2D eigenvalue weighted by atomic mass is 35.5. The minimum atomic E-state index is -0.886. The van der Waals surface area contributed by atoms with E-state index in [0.29, 0.717) is 18.1 Å². The Morgan fingerprint density at radius 3 is 3.06 bits per heavy atom. The Hall–Kier alpha value is -0.610. The fourth-order valence-electron chi connectivity index (χ4n) is 2.17. The molecule has 0 amide bonds. The zero-order chi connectivity index (χ0) is 12.3. The molecule has 1 saturated heterocycles. The molecule has 1 fully saturated rings. The Morgan fingerprint density at radius 2 is 2.41 bits per heavy atom. The molecule has 1 aromatic carbocycles. The summed E-state index contributed by atoms with van der Waals surface area (Å²) in [5, 5.41) is 14.5. The largest absolute Gasteiger partial charge is 0.385 e. The van der Waals surface area contributed by atoms with Crippen molar-refractivity contribution in [3.63, 3.8) is 0 Å². The van der Waals surface area contributed by atoms with Gasteiger partial charge in [-0.15, -0.1) is 0 Å². The topological polar surface area (TPSA) is 41.5 Å². The molecule has 0 saturated carbocycles. The van der Waals surface area contributed by atoms with Crippen LogP contribution < -0.4 is 5.32 Å². The normalized spacial score (nSPS) is 24.3. The van der Waals surface area contributed by atoms with Crippen molar-refractivity contribution in [3.8, 4) is 0 Å². The second-order valence-electron chi connectivity index (χ2n) is 4.71. The van der Waals surface area contributed by atoms with E-state index in [1.54, 1.807) is 0 Å². The molecule has 3 nitrogen and oxygen atoms in total. The molecular weight excluding hydrogens is 238 g/mol. The number of benzene rings is 1. The third-order valence-corrected chi connectivity index (χ3v) is 3.32. The number of morpholine rings is 1. The third-order valence-electron chi connectivity index (χ3n) is 3.09. The minimum absolute atomic E-state index is 0.192. The molecule has 2 atom stereocenters. The van der Waals surface area contributed by atoms with Crippen LogP contribution >= 0.6 is 11.6 Å². The van der Waals surface area contributed by atoms with Gasteiger partial charge in [0.15, 0.2) is 0 Å². The number of halogens is 1. The first-order valence-corrected chi connectivity index (χ1v) is 6.25. The van der Waals surface area contributed by atoms with E-state index in [2.05, 4.69) is 5.32 Å². The molecular formula is C13H18ClNO2. The number of hydrogen-bond acceptors (Lipinski definition) is 3. The van der Waals surface area contributed by atoms with Crippen molar-refractivity contribution < 1.29 is 9.84 Å². The summed E-state index contributed by atoms with van der Waals surface area (Å²) in [6.45, 7) is 4.05. The van der Waals surface area contributed by atoms with Crippen molar-refractivity contribution in [3.05, 3.63) is 34.9 Å². The highest BCUT2D eigenvalue weighted by molar-refractivity contribution is 6.30. The van der Waals surface area contributed by atoms with Gasteiger partial charge in [0, 0.05) is 17.6 Å². The van der Waals surface area contributed by atoms with Gasteiger partial charge in [0.05, 0.1) is 18.8 Å². The zero-order valence-corrected chi connectivity index (χ0v) is 10.7. The fourth-order valence-corrected chi connectivity index (χ4v) is 2.36. The smallest absolute Gasteiger partial charge is 0.0884 e. The van der Waals surface area contributed by atoms with Gasteiger partial charge in [-0.3, -0.25) is 0 Å². The second-order valence-corrected chi connectivity index (χ2v) is 5.15. The van der Waals surface area contributed by atoms with Gasteiger partial charge < -0.3 is 15.2 Å². The van der Waals surface area contributed by atoms with Gasteiger partial charge in [-0.25, -0.2) is 0 Å². The lowest BCUT2D eigenvalue weighted by Gasteiger charge is -2.32. The number of nitrogens with one attached hydrogen (secondary N) is 1. The Kier molecular flexibility index (Phi) is 4.05. The maximum atomic E-state index is 10.5. The van der Waals surface area contributed by atoms with E-state index < -0.39 is 5.60 Å². The summed E-state index contributed by atoms with van der Waals surface area (Å²) >= 11 is 5.94. The molecule has 2 rings (SSSR count). The Bertz CT molecular complexity index is 375. The van der Waals surface area contributed by atoms with Crippen LogP contribution in [-0.4, -0.2) is 30.9 Å². The molecule has 2 N–H and O–H groups in total. The van der Waals surface area contributed by atoms with E-state index >= 15 is 0 Å². The highest BCUT2D eigenvalue weighted by Crippen LogP contribution is 2.28. The monoisotopic (exact) mass is 255 g/mol. The number of ether oxygens (including phenoxy) is 1. The van der Waals surface area contributed by atoms with Crippen LogP contribution in [0.3, 0.4) is 0 Å². The predicted octanol–water partition coefficient (Wildman–Crippen LogP) is 1.93. The van der Waals surface area contributed by atoms with Crippen molar-refractivity contribution in [2.24, 2.45) is 0 Å². The molecule has 0 spiro atoms. The van der Waals surface area contributed by atoms with Crippen LogP contribution in [0.5, 0.6) is 0 Å². The highest BCUT2D eigenvalue weighted by Gasteiger charge is 2.28. The summed E-state index contributed by atoms with van der Waals surface area (Å²) in [6.07, 6.45) is 0.618. The first-order valence-electron chi connectivity index (χ1n) is 5.87. The van der Waals surface area contributed by atoms with Crippen molar-refractivity contribution in [1.82, 2.24) is 5.32 Å². The quantitative estimate of drug-likeness (QED) is 0.867. The molecule has 1 aliphatic rings. The molecule has 0 aliphatic carbocycles. The maximum Gasteiger partial charge on any atom is 0.0884 e. The van der Waals surface area contributed by atoms with E-state index in [-0.39, 0.29) is 6.04 Å². The summed E-state index contributed by atoms with van der Waals surface area (Å²) in [4.78, 5) is 0. The summed E-state index contributed by atoms with van der Waals surface area (Å²) in [7, 11) is 0. The van der Waals surface area contributed by atoms with Crippen LogP contribution in [0.2, 0.25) is 5.02 Å². The summed E-state index contributed by atoms with van der Waals surface area (Å²) in [5.41, 5.74) is -0.0409. The minimum Gasteiger partial charge on any atom is -0.385 e. The van der Waals surface area contributed by atoms with E-state index in [9.17, 15) is 5.11 Å². The van der Waals surface area contributed by atoms with E-state index in [0.717, 1.165) is 18.7 Å². The molecule has 4 heteroatoms. The molecule has 1 heterocycles. The van der Waals surface area contributed by atoms with Crippen LogP contribution in [0.25, 0.3) is 0 Å². The van der Waals surface area contributed by atoms with Crippen LogP contribution in [0.4, 0.5) is 0 Å². The van der Waals surface area contributed by atoms with Gasteiger partial charge in [0.2, 0.25) is 0 Å². The predicted molar refractivity (Wildman–Crippen MR) is 68.2 cm³/mol. The molecule has 0 bridgehead atoms. The Morgan fingerprint density at radius 1 is 1.59 bits per heavy atom. The number of hydrogen-bond donors (Lipinski definition) is 2. The van der Waals surface area contributed by atoms with Gasteiger partial charge in [0.1, 0.15) is 0 Å². The van der Waals surface area contributed by atoms with E-state index in [4.69, 9.17) is 16.3 Å². The molecule has 17 heavy (non-hydrogen) atoms. The molecule has 2 unspecified atom stereocenters. The van der Waals surface area contributed by atoms with Crippen molar-refractivity contribution in [2.45, 2.75) is 25.0 Å². The lowest BCUT2D eigenvalue weighted by atomic mass is 9.89. The summed E-state index contributed by atoms with van der Waals surface area (Å²) in [5.74, 6) is 0. The second kappa shape index (κ2) is 5.36. The zero-order valence-electron chi connectivity index (χ0n) is 9.95. The lowest BCUT2D eigenvalue weighted by Crippen LogP contribution is -2.45. The first kappa shape index (κ1) is 12.8. The molecule has 0 radical (unpaired) electrons. The average molecular weight is 256 g/mol. The van der Waals surface area contributed by atoms with Crippen LogP contribution in [0.1, 0.15) is 18.9 Å². The van der Waals surface area contributed by atoms with E-state index in [1.807, 2.05) is 31.2 Å². The van der Waals surface area contributed by atoms with Crippen molar-refractivity contribution in [1.29, 1.82) is 0 Å². The molecule has 94 valence electrons. The number of rotatable bonds is 3. The average Bonchev–Trinajstić information content (AvgIpc) is 2.30. The van der Waals surface area contributed by atoms with Crippen molar-refractivity contribution in [2.75, 3.05) is 19.8 Å². The van der Waals surface area contributed by atoms with Crippen LogP contribution in [0, 0.1) is 0 Å². The van der Waals surface area contributed by atoms with Gasteiger partial charge in [-0.2, -0.15) is 0 Å².